The van der Waals surface area contributed by atoms with Gasteiger partial charge in [-0.05, 0) is 32.1 Å². The second-order valence-electron chi connectivity index (χ2n) is 4.14. The van der Waals surface area contributed by atoms with Gasteiger partial charge in [-0.3, -0.25) is 0 Å². The molecule has 0 N–H and O–H groups in total. The molecule has 1 nitrogen and oxygen atoms in total. The Morgan fingerprint density at radius 3 is 2.45 bits per heavy atom. The zero-order valence-electron chi connectivity index (χ0n) is 7.77. The third-order valence-corrected chi connectivity index (χ3v) is 5.19. The van der Waals surface area contributed by atoms with E-state index in [1.807, 2.05) is 0 Å². The first kappa shape index (κ1) is 9.01. The van der Waals surface area contributed by atoms with Crippen molar-refractivity contribution in [3.8, 4) is 0 Å². The Balaban J connectivity index is 2.14. The lowest BCUT2D eigenvalue weighted by atomic mass is 10.2. The van der Waals surface area contributed by atoms with Crippen LogP contribution in [0.15, 0.2) is 12.3 Å². The summed E-state index contributed by atoms with van der Waals surface area (Å²) in [4.78, 5) is 2.54. The normalized spacial score (nSPS) is 19.5. The Morgan fingerprint density at radius 2 is 2.09 bits per heavy atom. The van der Waals surface area contributed by atoms with Crippen LogP contribution >= 0.6 is 0 Å². The van der Waals surface area contributed by atoms with E-state index < -0.39 is 8.07 Å². The van der Waals surface area contributed by atoms with Gasteiger partial charge < -0.3 is 4.90 Å². The van der Waals surface area contributed by atoms with Gasteiger partial charge in [0.15, 0.2) is 0 Å². The molecule has 1 aliphatic heterocycles. The number of hydrogen-bond acceptors (Lipinski definition) is 1. The predicted molar refractivity (Wildman–Crippen MR) is 53.5 cm³/mol. The molecule has 0 unspecified atom stereocenters. The molecule has 0 saturated carbocycles. The van der Waals surface area contributed by atoms with Gasteiger partial charge in [0.1, 0.15) is 0 Å². The molecule has 0 aliphatic carbocycles. The second-order valence-corrected chi connectivity index (χ2v) is 9.02. The molecule has 0 amide bonds. The molecule has 0 atom stereocenters. The zero-order chi connectivity index (χ0) is 8.32. The van der Waals surface area contributed by atoms with E-state index in [0.29, 0.717) is 0 Å². The van der Waals surface area contributed by atoms with Crippen molar-refractivity contribution in [2.45, 2.75) is 25.6 Å². The molecule has 0 aromatic heterocycles. The molecule has 1 heterocycles. The maximum absolute atomic E-state index is 3.90. The summed E-state index contributed by atoms with van der Waals surface area (Å²) in [5, 5.41) is 0. The predicted octanol–water partition coefficient (Wildman–Crippen LogP) is 2.13. The molecule has 1 saturated heterocycles. The van der Waals surface area contributed by atoms with Crippen molar-refractivity contribution in [3.63, 3.8) is 0 Å². The van der Waals surface area contributed by atoms with Gasteiger partial charge in [0.25, 0.3) is 0 Å². The van der Waals surface area contributed by atoms with Gasteiger partial charge in [0.05, 0.1) is 8.07 Å². The first-order valence-corrected chi connectivity index (χ1v) is 7.78. The molecule has 0 aromatic carbocycles. The van der Waals surface area contributed by atoms with Crippen molar-refractivity contribution in [1.82, 2.24) is 4.90 Å². The Labute approximate surface area is 71.1 Å². The van der Waals surface area contributed by atoms with E-state index >= 15 is 0 Å². The van der Waals surface area contributed by atoms with Crippen molar-refractivity contribution in [1.29, 1.82) is 0 Å². The highest BCUT2D eigenvalue weighted by atomic mass is 28.3. The van der Waals surface area contributed by atoms with Crippen LogP contribution in [0, 0.1) is 0 Å². The number of likely N-dealkylation sites (tertiary alicyclic amines) is 1. The van der Waals surface area contributed by atoms with Gasteiger partial charge in [-0.25, -0.2) is 0 Å². The van der Waals surface area contributed by atoms with Crippen LogP contribution in [0.4, 0.5) is 0 Å². The Kier molecular flexibility index (Phi) is 2.90. The van der Waals surface area contributed by atoms with E-state index in [1.165, 1.54) is 32.1 Å². The topological polar surface area (TPSA) is 3.24 Å². The number of hydrogen-bond donors (Lipinski definition) is 0. The number of nitrogens with zero attached hydrogens (tertiary/aromatic N) is 1. The highest BCUT2D eigenvalue weighted by Gasteiger charge is 2.19. The summed E-state index contributed by atoms with van der Waals surface area (Å²) in [5.41, 5.74) is 2.20. The van der Waals surface area contributed by atoms with E-state index in [0.717, 1.165) is 0 Å². The van der Waals surface area contributed by atoms with Crippen LogP contribution in [0.1, 0.15) is 6.42 Å². The van der Waals surface area contributed by atoms with Crippen molar-refractivity contribution in [2.75, 3.05) is 19.6 Å². The van der Waals surface area contributed by atoms with Crippen LogP contribution in [-0.4, -0.2) is 32.6 Å². The largest absolute Gasteiger partial charge is 0.304 e. The highest BCUT2D eigenvalue weighted by Crippen LogP contribution is 2.14. The van der Waals surface area contributed by atoms with Crippen LogP contribution in [0.3, 0.4) is 0 Å². The van der Waals surface area contributed by atoms with Crippen LogP contribution in [0.5, 0.6) is 0 Å². The van der Waals surface area contributed by atoms with Crippen LogP contribution < -0.4 is 0 Å². The summed E-state index contributed by atoms with van der Waals surface area (Å²) in [6.45, 7) is 12.7. The Morgan fingerprint density at radius 1 is 1.45 bits per heavy atom. The molecule has 0 spiro atoms. The van der Waals surface area contributed by atoms with Crippen molar-refractivity contribution in [2.24, 2.45) is 0 Å². The molecule has 1 fully saturated rings. The quantitative estimate of drug-likeness (QED) is 0.583. The fourth-order valence-corrected chi connectivity index (χ4v) is 2.25. The maximum atomic E-state index is 3.90. The minimum Gasteiger partial charge on any atom is -0.304 e. The zero-order valence-corrected chi connectivity index (χ0v) is 8.77. The summed E-state index contributed by atoms with van der Waals surface area (Å²) < 4.78 is 0. The van der Waals surface area contributed by atoms with Crippen LogP contribution in [-0.2, 0) is 0 Å². The molecule has 0 aromatic rings. The molecule has 1 aliphatic rings. The highest BCUT2D eigenvalue weighted by molar-refractivity contribution is 6.82. The first-order valence-electron chi connectivity index (χ1n) is 4.50. The van der Waals surface area contributed by atoms with Gasteiger partial charge in [0, 0.05) is 0 Å². The summed E-state index contributed by atoms with van der Waals surface area (Å²) in [7, 11) is -1.00. The molecular weight excluding hydrogens is 150 g/mol. The summed E-state index contributed by atoms with van der Waals surface area (Å²) in [6.07, 6.45) is 1.41. The lowest BCUT2D eigenvalue weighted by Gasteiger charge is -2.32. The number of rotatable bonds is 4. The monoisotopic (exact) mass is 169 g/mol. The van der Waals surface area contributed by atoms with Crippen LogP contribution in [0.25, 0.3) is 0 Å². The van der Waals surface area contributed by atoms with E-state index in [-0.39, 0.29) is 0 Å². The maximum Gasteiger partial charge on any atom is 0.0722 e. The Hall–Kier alpha value is -0.0831. The second kappa shape index (κ2) is 3.54. The average molecular weight is 169 g/mol. The van der Waals surface area contributed by atoms with Gasteiger partial charge in [0.2, 0.25) is 0 Å². The fourth-order valence-electron chi connectivity index (χ4n) is 1.15. The van der Waals surface area contributed by atoms with Crippen LogP contribution in [0.2, 0.25) is 19.1 Å². The molecule has 0 radical (unpaired) electrons. The van der Waals surface area contributed by atoms with Gasteiger partial charge >= 0.3 is 0 Å². The molecule has 2 heteroatoms. The van der Waals surface area contributed by atoms with E-state index in [2.05, 4.69) is 30.3 Å². The molecular formula is C9H19NSi. The van der Waals surface area contributed by atoms with Crippen molar-refractivity contribution < 1.29 is 0 Å². The average Bonchev–Trinajstić information content (AvgIpc) is 1.84. The SMILES string of the molecule is C=C[Si](C)(C)CCN1CCC1. The van der Waals surface area contributed by atoms with E-state index in [1.54, 1.807) is 0 Å². The fraction of sp³-hybridized carbons (Fsp3) is 0.778. The van der Waals surface area contributed by atoms with E-state index in [4.69, 9.17) is 0 Å². The van der Waals surface area contributed by atoms with Crippen molar-refractivity contribution in [3.05, 3.63) is 12.3 Å². The van der Waals surface area contributed by atoms with Crippen molar-refractivity contribution >= 4 is 8.07 Å². The van der Waals surface area contributed by atoms with Gasteiger partial charge in [-0.1, -0.05) is 13.1 Å². The summed E-state index contributed by atoms with van der Waals surface area (Å²) >= 11 is 0. The minimum atomic E-state index is -1.00. The smallest absolute Gasteiger partial charge is 0.0722 e. The molecule has 64 valence electrons. The first-order chi connectivity index (χ1) is 5.14. The molecule has 0 bridgehead atoms. The van der Waals surface area contributed by atoms with E-state index in [9.17, 15) is 0 Å². The lowest BCUT2D eigenvalue weighted by Crippen LogP contribution is -2.40. The lowest BCUT2D eigenvalue weighted by molar-refractivity contribution is 0.191. The standard InChI is InChI=1S/C9H19NSi/c1-4-11(2,3)9-8-10-6-5-7-10/h4H,1,5-9H2,2-3H3. The minimum absolute atomic E-state index is 1.00. The summed E-state index contributed by atoms with van der Waals surface area (Å²) in [5.74, 6) is 0. The summed E-state index contributed by atoms with van der Waals surface area (Å²) in [6, 6.07) is 1.39. The third kappa shape index (κ3) is 2.79. The van der Waals surface area contributed by atoms with Gasteiger partial charge in [-0.15, -0.1) is 12.3 Å². The third-order valence-electron chi connectivity index (χ3n) is 2.57. The Bertz CT molecular complexity index is 138. The van der Waals surface area contributed by atoms with Gasteiger partial charge in [-0.2, -0.15) is 0 Å². The molecule has 1 rings (SSSR count). The molecule has 11 heavy (non-hydrogen) atoms.